The molecule has 1 saturated carbocycles. The van der Waals surface area contributed by atoms with Crippen molar-refractivity contribution in [2.45, 2.75) is 70.1 Å². The van der Waals surface area contributed by atoms with E-state index in [0.29, 0.717) is 23.8 Å². The third kappa shape index (κ3) is 5.77. The minimum atomic E-state index is -0.169. The van der Waals surface area contributed by atoms with Gasteiger partial charge in [0.15, 0.2) is 0 Å². The summed E-state index contributed by atoms with van der Waals surface area (Å²) < 4.78 is 5.59. The molecule has 3 fully saturated rings. The first-order chi connectivity index (χ1) is 15.2. The second-order valence-electron chi connectivity index (χ2n) is 9.03. The van der Waals surface area contributed by atoms with Gasteiger partial charge in [0.25, 0.3) is 5.91 Å². The first-order valence-corrected chi connectivity index (χ1v) is 12.0. The van der Waals surface area contributed by atoms with Crippen LogP contribution < -0.4 is 10.6 Å². The summed E-state index contributed by atoms with van der Waals surface area (Å²) >= 11 is 0. The predicted octanol–water partition coefficient (Wildman–Crippen LogP) is 3.47. The normalized spacial score (nSPS) is 22.3. The standard InChI is InChI=1S/C24H36N4O3/c1-2-13-27-14-11-19(12-15-27)28(18-9-10-18)24(30)26-22-8-4-3-7-21(22)23(29)25-17-20-6-5-16-31-20/h3-4,7-8,18-20H,2,5-6,9-17H2,1H3,(H,25,29)(H,26,30). The molecule has 1 atom stereocenters. The van der Waals surface area contributed by atoms with Crippen LogP contribution in [0.5, 0.6) is 0 Å². The minimum Gasteiger partial charge on any atom is -0.376 e. The molecule has 170 valence electrons. The van der Waals surface area contributed by atoms with Gasteiger partial charge >= 0.3 is 6.03 Å². The zero-order valence-corrected chi connectivity index (χ0v) is 18.6. The number of rotatable bonds is 8. The molecule has 2 heterocycles. The number of para-hydroxylation sites is 1. The summed E-state index contributed by atoms with van der Waals surface area (Å²) in [6.45, 7) is 6.73. The largest absolute Gasteiger partial charge is 0.376 e. The predicted molar refractivity (Wildman–Crippen MR) is 121 cm³/mol. The van der Waals surface area contributed by atoms with Gasteiger partial charge in [-0.05, 0) is 63.6 Å². The number of likely N-dealkylation sites (tertiary alicyclic amines) is 1. The molecule has 3 aliphatic rings. The number of benzene rings is 1. The molecule has 1 aromatic rings. The van der Waals surface area contributed by atoms with Crippen LogP contribution in [0.1, 0.15) is 62.2 Å². The van der Waals surface area contributed by atoms with Crippen molar-refractivity contribution in [1.82, 2.24) is 15.1 Å². The van der Waals surface area contributed by atoms with Crippen molar-refractivity contribution in [2.75, 3.05) is 38.1 Å². The van der Waals surface area contributed by atoms with E-state index in [1.54, 1.807) is 6.07 Å². The molecule has 2 N–H and O–H groups in total. The molecule has 4 rings (SSSR count). The first kappa shape index (κ1) is 22.1. The van der Waals surface area contributed by atoms with Crippen LogP contribution >= 0.6 is 0 Å². The lowest BCUT2D eigenvalue weighted by atomic mass is 10.0. The van der Waals surface area contributed by atoms with Crippen LogP contribution in [0.15, 0.2) is 24.3 Å². The molecule has 1 unspecified atom stereocenters. The highest BCUT2D eigenvalue weighted by atomic mass is 16.5. The van der Waals surface area contributed by atoms with Crippen LogP contribution in [0.3, 0.4) is 0 Å². The monoisotopic (exact) mass is 428 g/mol. The van der Waals surface area contributed by atoms with E-state index < -0.39 is 0 Å². The zero-order valence-electron chi connectivity index (χ0n) is 18.6. The molecule has 0 spiro atoms. The van der Waals surface area contributed by atoms with Gasteiger partial charge in [-0.3, -0.25) is 4.79 Å². The van der Waals surface area contributed by atoms with Crippen molar-refractivity contribution in [3.05, 3.63) is 29.8 Å². The minimum absolute atomic E-state index is 0.0733. The van der Waals surface area contributed by atoms with E-state index in [1.165, 1.54) is 6.42 Å². The first-order valence-electron chi connectivity index (χ1n) is 12.0. The molecule has 1 aliphatic carbocycles. The second kappa shape index (κ2) is 10.5. The number of hydrogen-bond donors (Lipinski definition) is 2. The quantitative estimate of drug-likeness (QED) is 0.665. The van der Waals surface area contributed by atoms with Crippen LogP contribution in [-0.2, 0) is 4.74 Å². The SMILES string of the molecule is CCCN1CCC(N(C(=O)Nc2ccccc2C(=O)NCC2CCCO2)C2CC2)CC1. The summed E-state index contributed by atoms with van der Waals surface area (Å²) in [6, 6.07) is 7.81. The number of anilines is 1. The molecule has 2 saturated heterocycles. The van der Waals surface area contributed by atoms with Crippen molar-refractivity contribution < 1.29 is 14.3 Å². The van der Waals surface area contributed by atoms with Crippen LogP contribution in [0.4, 0.5) is 10.5 Å². The Kier molecular flexibility index (Phi) is 7.45. The Morgan fingerprint density at radius 2 is 1.84 bits per heavy atom. The highest BCUT2D eigenvalue weighted by Crippen LogP contribution is 2.33. The molecule has 1 aromatic carbocycles. The Labute approximate surface area is 185 Å². The van der Waals surface area contributed by atoms with Crippen molar-refractivity contribution >= 4 is 17.6 Å². The summed E-state index contributed by atoms with van der Waals surface area (Å²) in [6.07, 6.45) is 7.48. The van der Waals surface area contributed by atoms with E-state index in [0.717, 1.165) is 64.8 Å². The number of amides is 3. The van der Waals surface area contributed by atoms with Crippen LogP contribution in [0, 0.1) is 0 Å². The zero-order chi connectivity index (χ0) is 21.6. The lowest BCUT2D eigenvalue weighted by Crippen LogP contribution is -2.50. The van der Waals surface area contributed by atoms with Gasteiger partial charge in [0.1, 0.15) is 0 Å². The van der Waals surface area contributed by atoms with Crippen molar-refractivity contribution in [3.63, 3.8) is 0 Å². The summed E-state index contributed by atoms with van der Waals surface area (Å²) in [5, 5.41) is 6.02. The number of nitrogens with zero attached hydrogens (tertiary/aromatic N) is 2. The molecule has 31 heavy (non-hydrogen) atoms. The molecular formula is C24H36N4O3. The Morgan fingerprint density at radius 3 is 2.52 bits per heavy atom. The molecule has 7 nitrogen and oxygen atoms in total. The van der Waals surface area contributed by atoms with Gasteiger partial charge in [0.05, 0.1) is 17.4 Å². The van der Waals surface area contributed by atoms with Gasteiger partial charge in [0, 0.05) is 38.3 Å². The molecular weight excluding hydrogens is 392 g/mol. The van der Waals surface area contributed by atoms with Crippen molar-refractivity contribution in [2.24, 2.45) is 0 Å². The maximum Gasteiger partial charge on any atom is 0.322 e. The second-order valence-corrected chi connectivity index (χ2v) is 9.03. The molecule has 0 radical (unpaired) electrons. The fourth-order valence-electron chi connectivity index (χ4n) is 4.80. The fraction of sp³-hybridized carbons (Fsp3) is 0.667. The highest BCUT2D eigenvalue weighted by molar-refractivity contribution is 6.03. The Bertz CT molecular complexity index is 753. The maximum absolute atomic E-state index is 13.3. The smallest absolute Gasteiger partial charge is 0.322 e. The topological polar surface area (TPSA) is 73.9 Å². The number of carbonyl (C=O) groups is 2. The van der Waals surface area contributed by atoms with Crippen LogP contribution in [0.25, 0.3) is 0 Å². The number of carbonyl (C=O) groups excluding carboxylic acids is 2. The Hall–Kier alpha value is -2.12. The Morgan fingerprint density at radius 1 is 1.10 bits per heavy atom. The van der Waals surface area contributed by atoms with Crippen LogP contribution in [-0.4, -0.2) is 72.7 Å². The molecule has 0 aromatic heterocycles. The van der Waals surface area contributed by atoms with E-state index in [4.69, 9.17) is 4.74 Å². The molecule has 0 bridgehead atoms. The van der Waals surface area contributed by atoms with Gasteiger partial charge < -0.3 is 25.2 Å². The van der Waals surface area contributed by atoms with Gasteiger partial charge in [-0.2, -0.15) is 0 Å². The summed E-state index contributed by atoms with van der Waals surface area (Å²) in [4.78, 5) is 30.6. The molecule has 7 heteroatoms. The lowest BCUT2D eigenvalue weighted by Gasteiger charge is -2.38. The van der Waals surface area contributed by atoms with Crippen molar-refractivity contribution in [1.29, 1.82) is 0 Å². The third-order valence-corrected chi connectivity index (χ3v) is 6.59. The van der Waals surface area contributed by atoms with Gasteiger partial charge in [0.2, 0.25) is 0 Å². The van der Waals surface area contributed by atoms with Gasteiger partial charge in [-0.25, -0.2) is 4.79 Å². The van der Waals surface area contributed by atoms with Crippen LogP contribution in [0.2, 0.25) is 0 Å². The maximum atomic E-state index is 13.3. The summed E-state index contributed by atoms with van der Waals surface area (Å²) in [5.74, 6) is -0.169. The van der Waals surface area contributed by atoms with E-state index >= 15 is 0 Å². The number of hydrogen-bond acceptors (Lipinski definition) is 4. The average molecular weight is 429 g/mol. The number of nitrogens with one attached hydrogen (secondary N) is 2. The van der Waals surface area contributed by atoms with E-state index in [9.17, 15) is 9.59 Å². The van der Waals surface area contributed by atoms with Gasteiger partial charge in [-0.15, -0.1) is 0 Å². The van der Waals surface area contributed by atoms with E-state index in [-0.39, 0.29) is 24.1 Å². The Balaban J connectivity index is 1.38. The molecule has 2 aliphatic heterocycles. The van der Waals surface area contributed by atoms with E-state index in [1.807, 2.05) is 18.2 Å². The van der Waals surface area contributed by atoms with E-state index in [2.05, 4.69) is 27.4 Å². The number of piperidine rings is 1. The number of ether oxygens (including phenoxy) is 1. The summed E-state index contributed by atoms with van der Waals surface area (Å²) in [7, 11) is 0. The summed E-state index contributed by atoms with van der Waals surface area (Å²) in [5.41, 5.74) is 1.08. The highest BCUT2D eigenvalue weighted by Gasteiger charge is 2.38. The third-order valence-electron chi connectivity index (χ3n) is 6.59. The average Bonchev–Trinajstić information content (AvgIpc) is 3.47. The van der Waals surface area contributed by atoms with Crippen molar-refractivity contribution in [3.8, 4) is 0 Å². The van der Waals surface area contributed by atoms with Gasteiger partial charge in [-0.1, -0.05) is 19.1 Å². The molecule has 3 amide bonds. The lowest BCUT2D eigenvalue weighted by molar-refractivity contribution is 0.0858. The number of urea groups is 1. The fourth-order valence-corrected chi connectivity index (χ4v) is 4.80.